The van der Waals surface area contributed by atoms with Crippen LogP contribution in [0.25, 0.3) is 0 Å². The maximum atomic E-state index is 11.9. The van der Waals surface area contributed by atoms with Gasteiger partial charge in [-0.3, -0.25) is 19.3 Å². The Balaban J connectivity index is 2.33. The SMILES string of the molecule is CC(=O)NC1C(=O)N2C(C(=O)O)=C(C(N)=O)CS[C@@H]12. The number of β-lactam (4-membered cyclic amide) rings is 1. The van der Waals surface area contributed by atoms with Crippen LogP contribution in [-0.4, -0.2) is 50.9 Å². The summed E-state index contributed by atoms with van der Waals surface area (Å²) >= 11 is 1.19. The summed E-state index contributed by atoms with van der Waals surface area (Å²) in [5.41, 5.74) is 4.63. The fourth-order valence-corrected chi connectivity index (χ4v) is 3.38. The highest BCUT2D eigenvalue weighted by Crippen LogP contribution is 2.40. The molecule has 0 aromatic carbocycles. The molecule has 9 heteroatoms. The summed E-state index contributed by atoms with van der Waals surface area (Å²) < 4.78 is 0. The zero-order chi connectivity index (χ0) is 14.3. The topological polar surface area (TPSA) is 130 Å². The third-order valence-corrected chi connectivity index (χ3v) is 4.11. The van der Waals surface area contributed by atoms with Gasteiger partial charge in [0, 0.05) is 12.7 Å². The molecule has 0 bridgehead atoms. The minimum Gasteiger partial charge on any atom is -0.477 e. The number of thioether (sulfide) groups is 1. The van der Waals surface area contributed by atoms with E-state index in [-0.39, 0.29) is 22.9 Å². The number of hydrogen-bond acceptors (Lipinski definition) is 5. The number of hydrogen-bond donors (Lipinski definition) is 3. The van der Waals surface area contributed by atoms with Gasteiger partial charge in [0.05, 0.1) is 5.57 Å². The summed E-state index contributed by atoms with van der Waals surface area (Å²) in [5, 5.41) is 11.0. The quantitative estimate of drug-likeness (QED) is 0.526. The van der Waals surface area contributed by atoms with Gasteiger partial charge in [-0.1, -0.05) is 0 Å². The number of nitrogens with two attached hydrogens (primary N) is 1. The molecule has 2 atom stereocenters. The van der Waals surface area contributed by atoms with Crippen LogP contribution in [0, 0.1) is 0 Å². The first-order valence-electron chi connectivity index (χ1n) is 5.32. The van der Waals surface area contributed by atoms with Gasteiger partial charge in [-0.2, -0.15) is 0 Å². The molecular formula is C10H11N3O5S. The van der Waals surface area contributed by atoms with Gasteiger partial charge in [-0.15, -0.1) is 11.8 Å². The van der Waals surface area contributed by atoms with E-state index in [1.54, 1.807) is 0 Å². The Labute approximate surface area is 112 Å². The smallest absolute Gasteiger partial charge is 0.353 e. The lowest BCUT2D eigenvalue weighted by Crippen LogP contribution is -2.70. The molecule has 0 aromatic heterocycles. The maximum absolute atomic E-state index is 11.9. The van der Waals surface area contributed by atoms with Crippen molar-refractivity contribution >= 4 is 35.5 Å². The molecule has 1 unspecified atom stereocenters. The summed E-state index contributed by atoms with van der Waals surface area (Å²) in [6.45, 7) is 1.27. The molecule has 0 saturated carbocycles. The first-order chi connectivity index (χ1) is 8.84. The van der Waals surface area contributed by atoms with E-state index in [1.165, 1.54) is 18.7 Å². The van der Waals surface area contributed by atoms with Crippen molar-refractivity contribution in [2.45, 2.75) is 18.3 Å². The Morgan fingerprint density at radius 3 is 2.58 bits per heavy atom. The summed E-state index contributed by atoms with van der Waals surface area (Å²) in [4.78, 5) is 46.2. The number of aliphatic carboxylic acids is 1. The number of fused-ring (bicyclic) bond motifs is 1. The second-order valence-electron chi connectivity index (χ2n) is 4.08. The van der Waals surface area contributed by atoms with Crippen molar-refractivity contribution in [3.8, 4) is 0 Å². The lowest BCUT2D eigenvalue weighted by molar-refractivity contribution is -0.150. The van der Waals surface area contributed by atoms with Crippen LogP contribution in [0.15, 0.2) is 11.3 Å². The molecule has 2 rings (SSSR count). The average molecular weight is 285 g/mol. The van der Waals surface area contributed by atoms with E-state index in [0.717, 1.165) is 4.90 Å². The monoisotopic (exact) mass is 285 g/mol. The molecule has 0 radical (unpaired) electrons. The molecule has 1 saturated heterocycles. The lowest BCUT2D eigenvalue weighted by atomic mass is 10.0. The van der Waals surface area contributed by atoms with Gasteiger partial charge in [-0.25, -0.2) is 4.79 Å². The first kappa shape index (κ1) is 13.4. The molecule has 3 amide bonds. The van der Waals surface area contributed by atoms with Gasteiger partial charge >= 0.3 is 5.97 Å². The average Bonchev–Trinajstić information content (AvgIpc) is 2.33. The van der Waals surface area contributed by atoms with Gasteiger partial charge in [0.25, 0.3) is 5.91 Å². The molecule has 0 aliphatic carbocycles. The fraction of sp³-hybridized carbons (Fsp3) is 0.400. The van der Waals surface area contributed by atoms with Crippen LogP contribution in [0.5, 0.6) is 0 Å². The van der Waals surface area contributed by atoms with Crippen LogP contribution < -0.4 is 11.1 Å². The number of amides is 3. The number of primary amides is 1. The number of carboxylic acids is 1. The van der Waals surface area contributed by atoms with Crippen LogP contribution in [0.4, 0.5) is 0 Å². The number of carboxylic acid groups (broad SMARTS) is 1. The minimum atomic E-state index is -1.38. The van der Waals surface area contributed by atoms with Gasteiger partial charge < -0.3 is 16.2 Å². The Morgan fingerprint density at radius 1 is 1.47 bits per heavy atom. The predicted molar refractivity (Wildman–Crippen MR) is 64.6 cm³/mol. The summed E-state index contributed by atoms with van der Waals surface area (Å²) in [6, 6.07) is -0.758. The van der Waals surface area contributed by atoms with E-state index < -0.39 is 29.2 Å². The van der Waals surface area contributed by atoms with Crippen molar-refractivity contribution in [3.63, 3.8) is 0 Å². The van der Waals surface area contributed by atoms with Crippen molar-refractivity contribution in [2.24, 2.45) is 5.73 Å². The van der Waals surface area contributed by atoms with E-state index in [1.807, 2.05) is 0 Å². The highest BCUT2D eigenvalue weighted by Gasteiger charge is 2.54. The maximum Gasteiger partial charge on any atom is 0.353 e. The molecule has 19 heavy (non-hydrogen) atoms. The zero-order valence-corrected chi connectivity index (χ0v) is 10.7. The second kappa shape index (κ2) is 4.57. The van der Waals surface area contributed by atoms with E-state index in [9.17, 15) is 19.2 Å². The van der Waals surface area contributed by atoms with Crippen molar-refractivity contribution in [1.29, 1.82) is 0 Å². The summed E-state index contributed by atoms with van der Waals surface area (Å²) in [6.07, 6.45) is 0. The highest BCUT2D eigenvalue weighted by molar-refractivity contribution is 8.00. The van der Waals surface area contributed by atoms with E-state index in [0.29, 0.717) is 0 Å². The summed E-state index contributed by atoms with van der Waals surface area (Å²) in [7, 11) is 0. The van der Waals surface area contributed by atoms with E-state index in [2.05, 4.69) is 5.32 Å². The molecule has 4 N–H and O–H groups in total. The van der Waals surface area contributed by atoms with Crippen molar-refractivity contribution in [2.75, 3.05) is 5.75 Å². The number of rotatable bonds is 3. The second-order valence-corrected chi connectivity index (χ2v) is 5.19. The molecular weight excluding hydrogens is 274 g/mol. The highest BCUT2D eigenvalue weighted by atomic mass is 32.2. The standard InChI is InChI=1S/C10H11N3O5S/c1-3(14)12-5-8(16)13-6(10(17)18)4(7(11)15)2-19-9(5)13/h5,9H,2H2,1H3,(H2,11,15)(H,12,14)(H,17,18)/t5?,9-/m0/s1. The van der Waals surface area contributed by atoms with Gasteiger partial charge in [0.2, 0.25) is 11.8 Å². The number of carbonyl (C=O) groups is 4. The van der Waals surface area contributed by atoms with E-state index >= 15 is 0 Å². The fourth-order valence-electron chi connectivity index (χ4n) is 2.03. The molecule has 2 aliphatic rings. The molecule has 8 nitrogen and oxygen atoms in total. The molecule has 0 aromatic rings. The number of nitrogens with zero attached hydrogens (tertiary/aromatic N) is 1. The zero-order valence-electron chi connectivity index (χ0n) is 9.87. The molecule has 2 aliphatic heterocycles. The van der Waals surface area contributed by atoms with Gasteiger partial charge in [0.15, 0.2) is 0 Å². The molecule has 1 fully saturated rings. The van der Waals surface area contributed by atoms with Crippen molar-refractivity contribution in [1.82, 2.24) is 10.2 Å². The van der Waals surface area contributed by atoms with Crippen LogP contribution >= 0.6 is 11.8 Å². The third-order valence-electron chi connectivity index (χ3n) is 2.83. The summed E-state index contributed by atoms with van der Waals surface area (Å²) in [5.74, 6) is -3.07. The number of carbonyl (C=O) groups excluding carboxylic acids is 3. The Kier molecular flexibility index (Phi) is 3.23. The lowest BCUT2D eigenvalue weighted by Gasteiger charge is -2.49. The van der Waals surface area contributed by atoms with Crippen LogP contribution in [0.2, 0.25) is 0 Å². The predicted octanol–water partition coefficient (Wildman–Crippen LogP) is -1.77. The molecule has 2 heterocycles. The van der Waals surface area contributed by atoms with Crippen LogP contribution in [0.1, 0.15) is 6.92 Å². The van der Waals surface area contributed by atoms with E-state index in [4.69, 9.17) is 10.8 Å². The Bertz CT molecular complexity index is 529. The van der Waals surface area contributed by atoms with Gasteiger partial charge in [-0.05, 0) is 0 Å². The van der Waals surface area contributed by atoms with Crippen molar-refractivity contribution in [3.05, 3.63) is 11.3 Å². The minimum absolute atomic E-state index is 0.0941. The Hall–Kier alpha value is -2.03. The third kappa shape index (κ3) is 2.05. The van der Waals surface area contributed by atoms with Crippen LogP contribution in [0.3, 0.4) is 0 Å². The largest absolute Gasteiger partial charge is 0.477 e. The van der Waals surface area contributed by atoms with Gasteiger partial charge in [0.1, 0.15) is 17.1 Å². The molecule has 0 spiro atoms. The molecule has 102 valence electrons. The van der Waals surface area contributed by atoms with Crippen molar-refractivity contribution < 1.29 is 24.3 Å². The normalized spacial score (nSPS) is 25.5. The first-order valence-corrected chi connectivity index (χ1v) is 6.37. The number of nitrogens with one attached hydrogen (secondary N) is 1. The Morgan fingerprint density at radius 2 is 2.11 bits per heavy atom. The van der Waals surface area contributed by atoms with Crippen LogP contribution in [-0.2, 0) is 19.2 Å².